The van der Waals surface area contributed by atoms with Crippen LogP contribution in [0.4, 0.5) is 5.82 Å². The Labute approximate surface area is 108 Å². The van der Waals surface area contributed by atoms with Gasteiger partial charge in [-0.25, -0.2) is 4.98 Å². The van der Waals surface area contributed by atoms with Crippen molar-refractivity contribution in [3.05, 3.63) is 22.7 Å². The average molecular weight is 250 g/mol. The third-order valence-electron chi connectivity index (χ3n) is 3.78. The number of hydrogen-bond donors (Lipinski definition) is 1. The zero-order valence-corrected chi connectivity index (χ0v) is 11.2. The van der Waals surface area contributed by atoms with Gasteiger partial charge in [-0.2, -0.15) is 0 Å². The molecule has 5 heteroatoms. The lowest BCUT2D eigenvalue weighted by molar-refractivity contribution is 0.395. The molecule has 2 unspecified atom stereocenters. The summed E-state index contributed by atoms with van der Waals surface area (Å²) in [7, 11) is 0. The fraction of sp³-hybridized carbons (Fsp3) is 0.692. The minimum atomic E-state index is -0.00722. The predicted molar refractivity (Wildman–Crippen MR) is 72.8 cm³/mol. The molecule has 1 aromatic rings. The Morgan fingerprint density at radius 1 is 1.50 bits per heavy atom. The van der Waals surface area contributed by atoms with Gasteiger partial charge in [0, 0.05) is 37.6 Å². The Hall–Kier alpha value is -1.36. The lowest BCUT2D eigenvalue weighted by Gasteiger charge is -2.40. The van der Waals surface area contributed by atoms with Crippen LogP contribution in [0.5, 0.6) is 0 Å². The quantitative estimate of drug-likeness (QED) is 0.868. The maximum atomic E-state index is 12.3. The van der Waals surface area contributed by atoms with Crippen LogP contribution in [0, 0.1) is 0 Å². The number of piperidine rings is 1. The van der Waals surface area contributed by atoms with E-state index in [1.807, 2.05) is 6.92 Å². The van der Waals surface area contributed by atoms with Crippen molar-refractivity contribution in [3.63, 3.8) is 0 Å². The average Bonchev–Trinajstić information content (AvgIpc) is 2.39. The Bertz CT molecular complexity index is 457. The van der Waals surface area contributed by atoms with Crippen LogP contribution >= 0.6 is 0 Å². The largest absolute Gasteiger partial charge is 0.345 e. The molecule has 0 radical (unpaired) electrons. The minimum absolute atomic E-state index is 0.00722. The standard InChI is InChI=1S/C13H22N4O/c1-3-16-8-7-15-12(13(16)18)17-10(2)5-4-6-11(17)9-14/h7-8,10-11H,3-6,9,14H2,1-2H3. The minimum Gasteiger partial charge on any atom is -0.345 e. The molecular formula is C13H22N4O. The van der Waals surface area contributed by atoms with Crippen LogP contribution in [0.3, 0.4) is 0 Å². The first-order valence-electron chi connectivity index (χ1n) is 6.72. The van der Waals surface area contributed by atoms with Crippen molar-refractivity contribution in [2.75, 3.05) is 11.4 Å². The topological polar surface area (TPSA) is 64.2 Å². The molecular weight excluding hydrogens is 228 g/mol. The number of anilines is 1. The van der Waals surface area contributed by atoms with Crippen molar-refractivity contribution in [2.24, 2.45) is 5.73 Å². The van der Waals surface area contributed by atoms with Crippen LogP contribution in [0.25, 0.3) is 0 Å². The fourth-order valence-corrected chi connectivity index (χ4v) is 2.76. The van der Waals surface area contributed by atoms with Gasteiger partial charge in [0.25, 0.3) is 5.56 Å². The van der Waals surface area contributed by atoms with Crippen LogP contribution in [0.1, 0.15) is 33.1 Å². The smallest absolute Gasteiger partial charge is 0.293 e. The van der Waals surface area contributed by atoms with E-state index in [1.165, 1.54) is 6.42 Å². The van der Waals surface area contributed by atoms with Gasteiger partial charge in [0.15, 0.2) is 5.82 Å². The lowest BCUT2D eigenvalue weighted by atomic mass is 9.96. The molecule has 2 N–H and O–H groups in total. The lowest BCUT2D eigenvalue weighted by Crippen LogP contribution is -2.51. The molecule has 2 heterocycles. The Balaban J connectivity index is 2.42. The van der Waals surface area contributed by atoms with E-state index in [2.05, 4.69) is 16.8 Å². The van der Waals surface area contributed by atoms with Crippen LogP contribution in [-0.4, -0.2) is 28.2 Å². The molecule has 0 amide bonds. The molecule has 1 aliphatic heterocycles. The van der Waals surface area contributed by atoms with E-state index in [0.717, 1.165) is 12.8 Å². The van der Waals surface area contributed by atoms with Crippen LogP contribution in [-0.2, 0) is 6.54 Å². The van der Waals surface area contributed by atoms with E-state index >= 15 is 0 Å². The molecule has 100 valence electrons. The molecule has 2 rings (SSSR count). The zero-order valence-electron chi connectivity index (χ0n) is 11.2. The number of aromatic nitrogens is 2. The van der Waals surface area contributed by atoms with E-state index in [4.69, 9.17) is 5.73 Å². The third-order valence-corrected chi connectivity index (χ3v) is 3.78. The van der Waals surface area contributed by atoms with E-state index in [-0.39, 0.29) is 11.6 Å². The Kier molecular flexibility index (Phi) is 4.01. The van der Waals surface area contributed by atoms with Gasteiger partial charge in [-0.05, 0) is 33.1 Å². The summed E-state index contributed by atoms with van der Waals surface area (Å²) in [6.07, 6.45) is 6.75. The fourth-order valence-electron chi connectivity index (χ4n) is 2.76. The second kappa shape index (κ2) is 5.52. The summed E-state index contributed by atoms with van der Waals surface area (Å²) in [5, 5.41) is 0. The molecule has 0 spiro atoms. The summed E-state index contributed by atoms with van der Waals surface area (Å²) in [6, 6.07) is 0.571. The zero-order chi connectivity index (χ0) is 13.1. The summed E-state index contributed by atoms with van der Waals surface area (Å²) < 4.78 is 1.69. The van der Waals surface area contributed by atoms with Gasteiger partial charge >= 0.3 is 0 Å². The normalized spacial score (nSPS) is 24.3. The molecule has 0 aliphatic carbocycles. The van der Waals surface area contributed by atoms with Gasteiger partial charge in [-0.1, -0.05) is 0 Å². The monoisotopic (exact) mass is 250 g/mol. The Morgan fingerprint density at radius 2 is 2.28 bits per heavy atom. The summed E-state index contributed by atoms with van der Waals surface area (Å²) in [4.78, 5) is 18.7. The van der Waals surface area contributed by atoms with Gasteiger partial charge in [0.05, 0.1) is 0 Å². The first-order chi connectivity index (χ1) is 8.69. The van der Waals surface area contributed by atoms with Crippen LogP contribution in [0.15, 0.2) is 17.2 Å². The van der Waals surface area contributed by atoms with Gasteiger partial charge in [0.1, 0.15) is 0 Å². The number of rotatable bonds is 3. The second-order valence-electron chi connectivity index (χ2n) is 4.92. The molecule has 0 aromatic carbocycles. The predicted octanol–water partition coefficient (Wildman–Crippen LogP) is 0.969. The van der Waals surface area contributed by atoms with E-state index in [1.54, 1.807) is 17.0 Å². The van der Waals surface area contributed by atoms with E-state index < -0.39 is 0 Å². The van der Waals surface area contributed by atoms with Crippen molar-refractivity contribution in [3.8, 4) is 0 Å². The number of nitrogens with zero attached hydrogens (tertiary/aromatic N) is 3. The maximum absolute atomic E-state index is 12.3. The summed E-state index contributed by atoms with van der Waals surface area (Å²) in [6.45, 7) is 5.35. The van der Waals surface area contributed by atoms with Gasteiger partial charge in [-0.3, -0.25) is 4.79 Å². The number of nitrogens with two attached hydrogens (primary N) is 1. The van der Waals surface area contributed by atoms with Gasteiger partial charge < -0.3 is 15.2 Å². The van der Waals surface area contributed by atoms with E-state index in [0.29, 0.717) is 24.9 Å². The van der Waals surface area contributed by atoms with Gasteiger partial charge in [-0.15, -0.1) is 0 Å². The number of hydrogen-bond acceptors (Lipinski definition) is 4. The van der Waals surface area contributed by atoms with Crippen molar-refractivity contribution in [1.29, 1.82) is 0 Å². The van der Waals surface area contributed by atoms with Crippen molar-refractivity contribution in [2.45, 2.75) is 51.7 Å². The van der Waals surface area contributed by atoms with Crippen molar-refractivity contribution in [1.82, 2.24) is 9.55 Å². The highest BCUT2D eigenvalue weighted by molar-refractivity contribution is 5.39. The van der Waals surface area contributed by atoms with Crippen molar-refractivity contribution < 1.29 is 0 Å². The highest BCUT2D eigenvalue weighted by Crippen LogP contribution is 2.25. The second-order valence-corrected chi connectivity index (χ2v) is 4.92. The molecule has 0 bridgehead atoms. The molecule has 5 nitrogen and oxygen atoms in total. The molecule has 2 atom stereocenters. The Morgan fingerprint density at radius 3 is 2.94 bits per heavy atom. The van der Waals surface area contributed by atoms with Crippen LogP contribution < -0.4 is 16.2 Å². The third kappa shape index (κ3) is 2.27. The molecule has 1 fully saturated rings. The maximum Gasteiger partial charge on any atom is 0.293 e. The molecule has 18 heavy (non-hydrogen) atoms. The summed E-state index contributed by atoms with van der Waals surface area (Å²) in [5.74, 6) is 0.557. The first-order valence-corrected chi connectivity index (χ1v) is 6.72. The molecule has 1 saturated heterocycles. The highest BCUT2D eigenvalue weighted by atomic mass is 16.1. The molecule has 1 aromatic heterocycles. The molecule has 1 aliphatic rings. The summed E-state index contributed by atoms with van der Waals surface area (Å²) >= 11 is 0. The van der Waals surface area contributed by atoms with Gasteiger partial charge in [0.2, 0.25) is 0 Å². The van der Waals surface area contributed by atoms with Crippen molar-refractivity contribution >= 4 is 5.82 Å². The van der Waals surface area contributed by atoms with E-state index in [9.17, 15) is 4.79 Å². The number of aryl methyl sites for hydroxylation is 1. The van der Waals surface area contributed by atoms with Crippen LogP contribution in [0.2, 0.25) is 0 Å². The highest BCUT2D eigenvalue weighted by Gasteiger charge is 2.29. The first kappa shape index (κ1) is 13.1. The molecule has 0 saturated carbocycles. The summed E-state index contributed by atoms with van der Waals surface area (Å²) in [5.41, 5.74) is 5.83. The SMILES string of the molecule is CCn1ccnc(N2C(C)CCCC2CN)c1=O.